The molecular weight excluding hydrogens is 214 g/mol. The fourth-order valence-electron chi connectivity index (χ4n) is 1.47. The number of halogens is 1. The van der Waals surface area contributed by atoms with Crippen LogP contribution in [0.25, 0.3) is 5.52 Å². The third-order valence-electron chi connectivity index (χ3n) is 2.29. The molecule has 0 amide bonds. The lowest BCUT2D eigenvalue weighted by Gasteiger charge is -2.02. The third-order valence-corrected chi connectivity index (χ3v) is 2.68. The molecule has 15 heavy (non-hydrogen) atoms. The number of fused-ring (bicyclic) bond motifs is 1. The molecule has 80 valence electrons. The van der Waals surface area contributed by atoms with Crippen LogP contribution < -0.4 is 5.73 Å². The minimum Gasteiger partial charge on any atom is -0.385 e. The molecule has 0 saturated heterocycles. The summed E-state index contributed by atoms with van der Waals surface area (Å²) in [5.41, 5.74) is 7.69. The van der Waals surface area contributed by atoms with Gasteiger partial charge in [-0.25, -0.2) is 4.52 Å². The molecule has 1 atom stereocenters. The highest BCUT2D eigenvalue weighted by Crippen LogP contribution is 2.26. The Morgan fingerprint density at radius 3 is 3.07 bits per heavy atom. The minimum absolute atomic E-state index is 0.114. The number of aryl methyl sites for hydroxylation is 1. The number of nitrogens with two attached hydrogens (primary N) is 1. The highest BCUT2D eigenvalue weighted by molar-refractivity contribution is 6.34. The first-order chi connectivity index (χ1) is 7.13. The summed E-state index contributed by atoms with van der Waals surface area (Å²) < 4.78 is 1.64. The summed E-state index contributed by atoms with van der Waals surface area (Å²) in [4.78, 5) is 0. The molecule has 0 aliphatic rings. The molecule has 0 aliphatic carbocycles. The maximum Gasteiger partial charge on any atom is 0.112 e. The smallest absolute Gasteiger partial charge is 0.112 e. The Morgan fingerprint density at radius 2 is 2.40 bits per heavy atom. The number of hydrogen-bond donors (Lipinski definition) is 2. The van der Waals surface area contributed by atoms with Crippen LogP contribution in [0.4, 0.5) is 0 Å². The molecule has 2 aromatic heterocycles. The zero-order valence-electron chi connectivity index (χ0n) is 8.31. The van der Waals surface area contributed by atoms with Gasteiger partial charge in [0.1, 0.15) is 11.8 Å². The van der Waals surface area contributed by atoms with E-state index in [1.165, 1.54) is 0 Å². The van der Waals surface area contributed by atoms with E-state index in [1.54, 1.807) is 4.52 Å². The lowest BCUT2D eigenvalue weighted by Crippen LogP contribution is -2.12. The molecule has 2 heterocycles. The quantitative estimate of drug-likeness (QED) is 0.810. The number of pyridine rings is 1. The van der Waals surface area contributed by atoms with E-state index in [4.69, 9.17) is 17.3 Å². The molecule has 0 saturated carbocycles. The lowest BCUT2D eigenvalue weighted by molar-refractivity contribution is 0.181. The van der Waals surface area contributed by atoms with Crippen molar-refractivity contribution >= 4 is 17.1 Å². The second-order valence-corrected chi connectivity index (χ2v) is 3.86. The van der Waals surface area contributed by atoms with Crippen molar-refractivity contribution in [3.63, 3.8) is 0 Å². The molecule has 0 aromatic carbocycles. The Balaban J connectivity index is 2.64. The molecule has 1 unspecified atom stereocenters. The van der Waals surface area contributed by atoms with Crippen LogP contribution in [0.5, 0.6) is 0 Å². The summed E-state index contributed by atoms with van der Waals surface area (Å²) >= 11 is 6.10. The molecule has 2 rings (SSSR count). The normalized spacial score (nSPS) is 13.3. The second-order valence-electron chi connectivity index (χ2n) is 3.48. The summed E-state index contributed by atoms with van der Waals surface area (Å²) in [7, 11) is 0. The van der Waals surface area contributed by atoms with Crippen molar-refractivity contribution in [2.24, 2.45) is 5.73 Å². The standard InChI is InChI=1S/C10H12ClN3O/c1-6-2-3-14-7(4-6)9(11)10(13-14)8(15)5-12/h2-4,8,15H,5,12H2,1H3. The van der Waals surface area contributed by atoms with Gasteiger partial charge in [0.2, 0.25) is 0 Å². The SMILES string of the molecule is Cc1ccn2nc(C(O)CN)c(Cl)c2c1. The van der Waals surface area contributed by atoms with Crippen LogP contribution in [0.3, 0.4) is 0 Å². The fourth-order valence-corrected chi connectivity index (χ4v) is 1.77. The van der Waals surface area contributed by atoms with E-state index in [0.717, 1.165) is 11.1 Å². The number of aromatic nitrogens is 2. The fraction of sp³-hybridized carbons (Fsp3) is 0.300. The average Bonchev–Trinajstić information content (AvgIpc) is 2.55. The zero-order valence-corrected chi connectivity index (χ0v) is 9.07. The summed E-state index contributed by atoms with van der Waals surface area (Å²) in [5.74, 6) is 0. The van der Waals surface area contributed by atoms with E-state index in [1.807, 2.05) is 25.3 Å². The van der Waals surface area contributed by atoms with Gasteiger partial charge < -0.3 is 10.8 Å². The van der Waals surface area contributed by atoms with E-state index in [2.05, 4.69) is 5.10 Å². The number of aliphatic hydroxyl groups excluding tert-OH is 1. The molecule has 3 N–H and O–H groups in total. The Bertz CT molecular complexity index is 495. The number of nitrogens with zero attached hydrogens (tertiary/aromatic N) is 2. The van der Waals surface area contributed by atoms with Crippen molar-refractivity contribution < 1.29 is 5.11 Å². The van der Waals surface area contributed by atoms with Gasteiger partial charge in [0, 0.05) is 12.7 Å². The Hall–Kier alpha value is -1.10. The van der Waals surface area contributed by atoms with Crippen molar-refractivity contribution in [1.82, 2.24) is 9.61 Å². The zero-order chi connectivity index (χ0) is 11.0. The first-order valence-corrected chi connectivity index (χ1v) is 5.04. The molecule has 5 heteroatoms. The average molecular weight is 226 g/mol. The van der Waals surface area contributed by atoms with Crippen LogP contribution in [0, 0.1) is 6.92 Å². The van der Waals surface area contributed by atoms with E-state index in [0.29, 0.717) is 10.7 Å². The van der Waals surface area contributed by atoms with Crippen LogP contribution >= 0.6 is 11.6 Å². The van der Waals surface area contributed by atoms with Crippen LogP contribution in [0.2, 0.25) is 5.02 Å². The summed E-state index contributed by atoms with van der Waals surface area (Å²) in [6, 6.07) is 3.84. The van der Waals surface area contributed by atoms with Gasteiger partial charge in [-0.15, -0.1) is 0 Å². The summed E-state index contributed by atoms with van der Waals surface area (Å²) in [6.07, 6.45) is 1.00. The Kier molecular flexibility index (Phi) is 2.65. The summed E-state index contributed by atoms with van der Waals surface area (Å²) in [6.45, 7) is 2.09. The van der Waals surface area contributed by atoms with E-state index in [-0.39, 0.29) is 6.54 Å². The topological polar surface area (TPSA) is 63.5 Å². The third kappa shape index (κ3) is 1.71. The van der Waals surface area contributed by atoms with E-state index < -0.39 is 6.10 Å². The largest absolute Gasteiger partial charge is 0.385 e. The van der Waals surface area contributed by atoms with Crippen molar-refractivity contribution in [2.75, 3.05) is 6.54 Å². The molecule has 0 fully saturated rings. The minimum atomic E-state index is -0.808. The van der Waals surface area contributed by atoms with Gasteiger partial charge in [0.05, 0.1) is 10.5 Å². The van der Waals surface area contributed by atoms with Crippen molar-refractivity contribution in [2.45, 2.75) is 13.0 Å². The van der Waals surface area contributed by atoms with Crippen molar-refractivity contribution in [1.29, 1.82) is 0 Å². The van der Waals surface area contributed by atoms with Crippen LogP contribution in [0.15, 0.2) is 18.3 Å². The van der Waals surface area contributed by atoms with Gasteiger partial charge in [-0.3, -0.25) is 0 Å². The number of hydrogen-bond acceptors (Lipinski definition) is 3. The molecule has 0 aliphatic heterocycles. The highest BCUT2D eigenvalue weighted by Gasteiger charge is 2.16. The summed E-state index contributed by atoms with van der Waals surface area (Å²) in [5, 5.41) is 14.2. The van der Waals surface area contributed by atoms with E-state index >= 15 is 0 Å². The predicted octanol–water partition coefficient (Wildman–Crippen LogP) is 1.29. The van der Waals surface area contributed by atoms with Gasteiger partial charge >= 0.3 is 0 Å². The first kappa shape index (κ1) is 10.4. The van der Waals surface area contributed by atoms with Crippen LogP contribution in [0.1, 0.15) is 17.4 Å². The molecule has 0 radical (unpaired) electrons. The number of aliphatic hydroxyl groups is 1. The van der Waals surface area contributed by atoms with Crippen LogP contribution in [-0.2, 0) is 0 Å². The Morgan fingerprint density at radius 1 is 1.67 bits per heavy atom. The maximum atomic E-state index is 9.60. The van der Waals surface area contributed by atoms with Gasteiger partial charge in [0.15, 0.2) is 0 Å². The molecule has 4 nitrogen and oxygen atoms in total. The van der Waals surface area contributed by atoms with Gasteiger partial charge in [0.25, 0.3) is 0 Å². The lowest BCUT2D eigenvalue weighted by atomic mass is 10.2. The predicted molar refractivity (Wildman–Crippen MR) is 59.0 cm³/mol. The van der Waals surface area contributed by atoms with Gasteiger partial charge in [-0.1, -0.05) is 11.6 Å². The monoisotopic (exact) mass is 225 g/mol. The van der Waals surface area contributed by atoms with Gasteiger partial charge in [-0.05, 0) is 24.6 Å². The van der Waals surface area contributed by atoms with Crippen LogP contribution in [-0.4, -0.2) is 21.3 Å². The molecule has 0 spiro atoms. The first-order valence-electron chi connectivity index (χ1n) is 4.66. The Labute approximate surface area is 92.3 Å². The highest BCUT2D eigenvalue weighted by atomic mass is 35.5. The van der Waals surface area contributed by atoms with Gasteiger partial charge in [-0.2, -0.15) is 5.10 Å². The van der Waals surface area contributed by atoms with Crippen molar-refractivity contribution in [3.05, 3.63) is 34.6 Å². The number of rotatable bonds is 2. The molecule has 2 aromatic rings. The maximum absolute atomic E-state index is 9.60. The second kappa shape index (κ2) is 3.81. The molecule has 0 bridgehead atoms. The van der Waals surface area contributed by atoms with E-state index in [9.17, 15) is 5.11 Å². The van der Waals surface area contributed by atoms with Crippen molar-refractivity contribution in [3.8, 4) is 0 Å². The molecular formula is C10H12ClN3O.